The molecule has 0 aromatic heterocycles. The molecule has 2 amide bonds. The Morgan fingerprint density at radius 2 is 1.41 bits per heavy atom. The number of rotatable bonds is 4. The second-order valence-corrected chi connectivity index (χ2v) is 4.44. The number of carbonyl (C=O) groups is 2. The van der Waals surface area contributed by atoms with Crippen molar-refractivity contribution in [1.82, 2.24) is 4.90 Å². The third-order valence-corrected chi connectivity index (χ3v) is 2.46. The van der Waals surface area contributed by atoms with Crippen molar-refractivity contribution < 1.29 is 9.59 Å². The summed E-state index contributed by atoms with van der Waals surface area (Å²) in [6.45, 7) is 8.12. The summed E-state index contributed by atoms with van der Waals surface area (Å²) in [7, 11) is 0. The minimum absolute atomic E-state index is 0.185. The Morgan fingerprint density at radius 3 is 1.71 bits per heavy atom. The van der Waals surface area contributed by atoms with Crippen LogP contribution in [-0.2, 0) is 9.59 Å². The molecule has 1 aliphatic rings. The Kier molecular flexibility index (Phi) is 4.44. The molecule has 0 spiro atoms. The summed E-state index contributed by atoms with van der Waals surface area (Å²) in [4.78, 5) is 25.5. The number of amides is 2. The van der Waals surface area contributed by atoms with Crippen LogP contribution in [0.1, 0.15) is 27.7 Å². The van der Waals surface area contributed by atoms with E-state index in [0.717, 1.165) is 0 Å². The zero-order chi connectivity index (χ0) is 13.0. The largest absolute Gasteiger partial charge is 0.274 e. The fourth-order valence-corrected chi connectivity index (χ4v) is 1.80. The first kappa shape index (κ1) is 13.4. The first-order valence-electron chi connectivity index (χ1n) is 5.88. The van der Waals surface area contributed by atoms with Gasteiger partial charge in [-0.25, -0.2) is 0 Å². The van der Waals surface area contributed by atoms with Crippen LogP contribution in [0.5, 0.6) is 0 Å². The van der Waals surface area contributed by atoms with Crippen molar-refractivity contribution in [3.05, 3.63) is 35.5 Å². The molecule has 17 heavy (non-hydrogen) atoms. The first-order valence-corrected chi connectivity index (χ1v) is 5.88. The average molecular weight is 233 g/mol. The Labute approximate surface area is 102 Å². The standard InChI is InChI=1S/C14H19NO2/c1-5-7-11-12(8-6-2)14(17)15(13(11)16)9-10(3)4/h5-8,10H,9H2,1-4H3/b7-5-,8-6-. The van der Waals surface area contributed by atoms with Gasteiger partial charge in [0.25, 0.3) is 11.8 Å². The molecule has 0 atom stereocenters. The number of imide groups is 1. The SMILES string of the molecule is C/C=C\C1=C(/C=C\C)C(=O)N(CC(C)C)C1=O. The number of allylic oxidation sites excluding steroid dienone is 2. The molecule has 3 nitrogen and oxygen atoms in total. The van der Waals surface area contributed by atoms with Gasteiger partial charge in [-0.2, -0.15) is 0 Å². The van der Waals surface area contributed by atoms with Crippen LogP contribution in [0.3, 0.4) is 0 Å². The Bertz CT molecular complexity index is 380. The second kappa shape index (κ2) is 5.62. The smallest absolute Gasteiger partial charge is 0.261 e. The topological polar surface area (TPSA) is 37.4 Å². The van der Waals surface area contributed by atoms with Crippen LogP contribution in [0.2, 0.25) is 0 Å². The van der Waals surface area contributed by atoms with Crippen molar-refractivity contribution in [3.63, 3.8) is 0 Å². The zero-order valence-corrected chi connectivity index (χ0v) is 10.9. The number of nitrogens with zero attached hydrogens (tertiary/aromatic N) is 1. The Morgan fingerprint density at radius 1 is 1.00 bits per heavy atom. The van der Waals surface area contributed by atoms with Gasteiger partial charge in [-0.3, -0.25) is 14.5 Å². The molecule has 0 bridgehead atoms. The second-order valence-electron chi connectivity index (χ2n) is 4.44. The van der Waals surface area contributed by atoms with Crippen LogP contribution in [0.4, 0.5) is 0 Å². The molecule has 0 N–H and O–H groups in total. The molecule has 0 aromatic rings. The van der Waals surface area contributed by atoms with E-state index in [1.54, 1.807) is 24.3 Å². The fourth-order valence-electron chi connectivity index (χ4n) is 1.80. The summed E-state index contributed by atoms with van der Waals surface area (Å²) < 4.78 is 0. The van der Waals surface area contributed by atoms with Crippen molar-refractivity contribution in [1.29, 1.82) is 0 Å². The van der Waals surface area contributed by atoms with E-state index < -0.39 is 0 Å². The minimum atomic E-state index is -0.185. The van der Waals surface area contributed by atoms with Crippen molar-refractivity contribution in [3.8, 4) is 0 Å². The molecule has 1 aliphatic heterocycles. The lowest BCUT2D eigenvalue weighted by atomic mass is 10.1. The molecule has 0 aliphatic carbocycles. The highest BCUT2D eigenvalue weighted by Crippen LogP contribution is 2.23. The minimum Gasteiger partial charge on any atom is -0.274 e. The third-order valence-electron chi connectivity index (χ3n) is 2.46. The van der Waals surface area contributed by atoms with Gasteiger partial charge in [-0.1, -0.05) is 38.2 Å². The van der Waals surface area contributed by atoms with Crippen LogP contribution in [0.25, 0.3) is 0 Å². The lowest BCUT2D eigenvalue weighted by Crippen LogP contribution is -2.34. The van der Waals surface area contributed by atoms with E-state index in [1.165, 1.54) is 4.90 Å². The van der Waals surface area contributed by atoms with E-state index in [9.17, 15) is 9.59 Å². The van der Waals surface area contributed by atoms with Crippen LogP contribution in [0, 0.1) is 5.92 Å². The van der Waals surface area contributed by atoms with Gasteiger partial charge >= 0.3 is 0 Å². The molecule has 92 valence electrons. The number of carbonyl (C=O) groups excluding carboxylic acids is 2. The number of hydrogen-bond donors (Lipinski definition) is 0. The monoisotopic (exact) mass is 233 g/mol. The van der Waals surface area contributed by atoms with Gasteiger partial charge in [-0.05, 0) is 19.8 Å². The van der Waals surface area contributed by atoms with Gasteiger partial charge in [0.1, 0.15) is 0 Å². The van der Waals surface area contributed by atoms with Crippen LogP contribution >= 0.6 is 0 Å². The predicted octanol–water partition coefficient (Wildman–Crippen LogP) is 2.46. The molecule has 0 saturated heterocycles. The summed E-state index contributed by atoms with van der Waals surface area (Å²) >= 11 is 0. The van der Waals surface area contributed by atoms with Gasteiger partial charge in [0.05, 0.1) is 11.1 Å². The van der Waals surface area contributed by atoms with Gasteiger partial charge < -0.3 is 0 Å². The van der Waals surface area contributed by atoms with Crippen molar-refractivity contribution in [2.24, 2.45) is 5.92 Å². The van der Waals surface area contributed by atoms with E-state index in [2.05, 4.69) is 0 Å². The molecule has 0 unspecified atom stereocenters. The average Bonchev–Trinajstić information content (AvgIpc) is 2.46. The third kappa shape index (κ3) is 2.73. The van der Waals surface area contributed by atoms with E-state index in [4.69, 9.17) is 0 Å². The maximum atomic E-state index is 12.1. The maximum Gasteiger partial charge on any atom is 0.261 e. The van der Waals surface area contributed by atoms with E-state index in [-0.39, 0.29) is 17.7 Å². The molecule has 1 rings (SSSR count). The number of hydrogen-bond acceptors (Lipinski definition) is 2. The predicted molar refractivity (Wildman–Crippen MR) is 68.2 cm³/mol. The van der Waals surface area contributed by atoms with E-state index >= 15 is 0 Å². The maximum absolute atomic E-state index is 12.1. The molecular weight excluding hydrogens is 214 g/mol. The molecular formula is C14H19NO2. The van der Waals surface area contributed by atoms with Gasteiger partial charge in [-0.15, -0.1) is 0 Å². The normalized spacial score (nSPS) is 17.6. The highest BCUT2D eigenvalue weighted by atomic mass is 16.2. The summed E-state index contributed by atoms with van der Waals surface area (Å²) in [6.07, 6.45) is 6.97. The Hall–Kier alpha value is -1.64. The summed E-state index contributed by atoms with van der Waals surface area (Å²) in [6, 6.07) is 0. The Balaban J connectivity index is 3.12. The van der Waals surface area contributed by atoms with Crippen molar-refractivity contribution >= 4 is 11.8 Å². The lowest BCUT2D eigenvalue weighted by Gasteiger charge is -2.16. The van der Waals surface area contributed by atoms with Crippen LogP contribution < -0.4 is 0 Å². The zero-order valence-electron chi connectivity index (χ0n) is 10.9. The molecule has 0 radical (unpaired) electrons. The molecule has 0 saturated carbocycles. The van der Waals surface area contributed by atoms with Crippen LogP contribution in [0.15, 0.2) is 35.5 Å². The fraction of sp³-hybridized carbons (Fsp3) is 0.429. The van der Waals surface area contributed by atoms with Gasteiger partial charge in [0, 0.05) is 6.54 Å². The summed E-state index contributed by atoms with van der Waals surface area (Å²) in [5, 5.41) is 0. The van der Waals surface area contributed by atoms with E-state index in [1.807, 2.05) is 27.7 Å². The molecule has 1 heterocycles. The van der Waals surface area contributed by atoms with Crippen molar-refractivity contribution in [2.45, 2.75) is 27.7 Å². The first-order chi connectivity index (χ1) is 8.02. The lowest BCUT2D eigenvalue weighted by molar-refractivity contribution is -0.137. The van der Waals surface area contributed by atoms with Crippen LogP contribution in [-0.4, -0.2) is 23.3 Å². The summed E-state index contributed by atoms with van der Waals surface area (Å²) in [5.74, 6) is -0.0930. The van der Waals surface area contributed by atoms with Crippen molar-refractivity contribution in [2.75, 3.05) is 6.54 Å². The van der Waals surface area contributed by atoms with Gasteiger partial charge in [0.2, 0.25) is 0 Å². The molecule has 0 aromatic carbocycles. The quantitative estimate of drug-likeness (QED) is 0.699. The summed E-state index contributed by atoms with van der Waals surface area (Å²) in [5.41, 5.74) is 0.993. The van der Waals surface area contributed by atoms with Gasteiger partial charge in [0.15, 0.2) is 0 Å². The molecule has 3 heteroatoms. The highest BCUT2D eigenvalue weighted by Gasteiger charge is 2.35. The highest BCUT2D eigenvalue weighted by molar-refractivity contribution is 6.21. The van der Waals surface area contributed by atoms with E-state index in [0.29, 0.717) is 17.7 Å². The molecule has 0 fully saturated rings.